The molecule has 0 heterocycles. The first-order chi connectivity index (χ1) is 7.74. The minimum absolute atomic E-state index is 0.843. The first-order valence-electron chi connectivity index (χ1n) is 4.98. The summed E-state index contributed by atoms with van der Waals surface area (Å²) in [7, 11) is 0. The molecule has 0 aliphatic carbocycles. The number of azo groups is 1. The van der Waals surface area contributed by atoms with Gasteiger partial charge in [0.15, 0.2) is 0 Å². The van der Waals surface area contributed by atoms with Crippen molar-refractivity contribution in [2.75, 3.05) is 0 Å². The topological polar surface area (TPSA) is 24.7 Å². The largest absolute Gasteiger partial charge is 0.151 e. The molecule has 16 heavy (non-hydrogen) atoms. The maximum atomic E-state index is 4.18. The summed E-state index contributed by atoms with van der Waals surface area (Å²) in [4.78, 5) is 0. The van der Waals surface area contributed by atoms with E-state index in [1.807, 2.05) is 55.5 Å². The Bertz CT molecular complexity index is 473. The van der Waals surface area contributed by atoms with E-state index in [1.165, 1.54) is 5.56 Å². The van der Waals surface area contributed by atoms with E-state index in [0.717, 1.165) is 15.8 Å². The van der Waals surface area contributed by atoms with E-state index in [1.54, 1.807) is 0 Å². The molecule has 0 aliphatic rings. The fourth-order valence-corrected chi connectivity index (χ4v) is 1.73. The SMILES string of the molecule is Cc1cccc(N=Nc2cccc(Br)c2)c1. The Hall–Kier alpha value is -1.48. The predicted octanol–water partition coefficient (Wildman–Crippen LogP) is 5.17. The maximum absolute atomic E-state index is 4.18. The number of benzene rings is 2. The van der Waals surface area contributed by atoms with Gasteiger partial charge < -0.3 is 0 Å². The van der Waals surface area contributed by atoms with Crippen LogP contribution >= 0.6 is 15.9 Å². The second kappa shape index (κ2) is 5.03. The molecule has 0 fully saturated rings. The van der Waals surface area contributed by atoms with Crippen molar-refractivity contribution in [3.05, 3.63) is 58.6 Å². The van der Waals surface area contributed by atoms with E-state index in [4.69, 9.17) is 0 Å². The Morgan fingerprint density at radius 1 is 0.875 bits per heavy atom. The molecule has 0 atom stereocenters. The van der Waals surface area contributed by atoms with Crippen molar-refractivity contribution >= 4 is 27.3 Å². The third-order valence-electron chi connectivity index (χ3n) is 2.09. The molecule has 3 heteroatoms. The smallest absolute Gasteiger partial charge is 0.0868 e. The van der Waals surface area contributed by atoms with Gasteiger partial charge in [0.1, 0.15) is 0 Å². The molecule has 0 amide bonds. The molecule has 0 aromatic heterocycles. The molecule has 0 N–H and O–H groups in total. The van der Waals surface area contributed by atoms with Crippen LogP contribution in [0.15, 0.2) is 63.2 Å². The van der Waals surface area contributed by atoms with Gasteiger partial charge in [-0.25, -0.2) is 0 Å². The van der Waals surface area contributed by atoms with Crippen molar-refractivity contribution in [2.24, 2.45) is 10.2 Å². The van der Waals surface area contributed by atoms with E-state index in [2.05, 4.69) is 26.2 Å². The van der Waals surface area contributed by atoms with Crippen LogP contribution in [-0.2, 0) is 0 Å². The van der Waals surface area contributed by atoms with Crippen LogP contribution in [0, 0.1) is 6.92 Å². The fourth-order valence-electron chi connectivity index (χ4n) is 1.34. The number of aryl methyl sites for hydroxylation is 1. The van der Waals surface area contributed by atoms with Crippen molar-refractivity contribution in [2.45, 2.75) is 6.92 Å². The summed E-state index contributed by atoms with van der Waals surface area (Å²) in [5.41, 5.74) is 2.90. The van der Waals surface area contributed by atoms with Gasteiger partial charge in [-0.15, -0.1) is 0 Å². The van der Waals surface area contributed by atoms with Crippen molar-refractivity contribution in [1.82, 2.24) is 0 Å². The van der Waals surface area contributed by atoms with Crippen molar-refractivity contribution in [1.29, 1.82) is 0 Å². The summed E-state index contributed by atoms with van der Waals surface area (Å²) >= 11 is 3.40. The molecule has 0 spiro atoms. The quantitative estimate of drug-likeness (QED) is 0.675. The lowest BCUT2D eigenvalue weighted by Crippen LogP contribution is -1.69. The summed E-state index contributed by atoms with van der Waals surface area (Å²) in [5.74, 6) is 0. The average Bonchev–Trinajstić information content (AvgIpc) is 2.27. The van der Waals surface area contributed by atoms with Gasteiger partial charge >= 0.3 is 0 Å². The molecule has 0 saturated heterocycles. The van der Waals surface area contributed by atoms with Crippen LogP contribution in [0.4, 0.5) is 11.4 Å². The van der Waals surface area contributed by atoms with Crippen LogP contribution < -0.4 is 0 Å². The van der Waals surface area contributed by atoms with E-state index >= 15 is 0 Å². The van der Waals surface area contributed by atoms with E-state index in [-0.39, 0.29) is 0 Å². The third kappa shape index (κ3) is 3.00. The summed E-state index contributed by atoms with van der Waals surface area (Å²) in [6.07, 6.45) is 0. The molecule has 0 aliphatic heterocycles. The van der Waals surface area contributed by atoms with Gasteiger partial charge in [-0.2, -0.15) is 10.2 Å². The molecule has 0 saturated carbocycles. The lowest BCUT2D eigenvalue weighted by Gasteiger charge is -1.95. The van der Waals surface area contributed by atoms with Crippen LogP contribution in [0.1, 0.15) is 5.56 Å². The molecule has 0 unspecified atom stereocenters. The molecule has 0 bridgehead atoms. The first kappa shape index (κ1) is 11.0. The van der Waals surface area contributed by atoms with Crippen molar-refractivity contribution < 1.29 is 0 Å². The monoisotopic (exact) mass is 274 g/mol. The Kier molecular flexibility index (Phi) is 3.47. The molecule has 2 nitrogen and oxygen atoms in total. The molecule has 0 radical (unpaired) electrons. The van der Waals surface area contributed by atoms with Crippen LogP contribution in [0.2, 0.25) is 0 Å². The maximum Gasteiger partial charge on any atom is 0.0868 e. The third-order valence-corrected chi connectivity index (χ3v) is 2.58. The Balaban J connectivity index is 2.21. The zero-order chi connectivity index (χ0) is 11.4. The second-order valence-electron chi connectivity index (χ2n) is 3.52. The van der Waals surface area contributed by atoms with Crippen LogP contribution in [0.3, 0.4) is 0 Å². The molecule has 2 rings (SSSR count). The standard InChI is InChI=1S/C13H11BrN2/c1-10-4-2-6-12(8-10)15-16-13-7-3-5-11(14)9-13/h2-9H,1H3. The molecular formula is C13H11BrN2. The van der Waals surface area contributed by atoms with Gasteiger partial charge in [-0.05, 0) is 42.8 Å². The van der Waals surface area contributed by atoms with E-state index < -0.39 is 0 Å². The number of halogens is 1. The highest BCUT2D eigenvalue weighted by atomic mass is 79.9. The summed E-state index contributed by atoms with van der Waals surface area (Å²) in [6, 6.07) is 15.7. The number of nitrogens with zero attached hydrogens (tertiary/aromatic N) is 2. The minimum Gasteiger partial charge on any atom is -0.151 e. The molecule has 80 valence electrons. The highest BCUT2D eigenvalue weighted by molar-refractivity contribution is 9.10. The fraction of sp³-hybridized carbons (Fsp3) is 0.0769. The Morgan fingerprint density at radius 2 is 1.50 bits per heavy atom. The summed E-state index contributed by atoms with van der Waals surface area (Å²) in [5, 5.41) is 8.36. The van der Waals surface area contributed by atoms with Crippen LogP contribution in [0.25, 0.3) is 0 Å². The van der Waals surface area contributed by atoms with Gasteiger partial charge in [-0.1, -0.05) is 34.1 Å². The van der Waals surface area contributed by atoms with Crippen LogP contribution in [-0.4, -0.2) is 0 Å². The lowest BCUT2D eigenvalue weighted by molar-refractivity contribution is 1.22. The number of rotatable bonds is 2. The van der Waals surface area contributed by atoms with E-state index in [9.17, 15) is 0 Å². The molecule has 2 aromatic rings. The normalized spacial score (nSPS) is 10.9. The average molecular weight is 275 g/mol. The van der Waals surface area contributed by atoms with Crippen LogP contribution in [0.5, 0.6) is 0 Å². The van der Waals surface area contributed by atoms with Gasteiger partial charge in [-0.3, -0.25) is 0 Å². The number of hydrogen-bond donors (Lipinski definition) is 0. The van der Waals surface area contributed by atoms with Gasteiger partial charge in [0, 0.05) is 4.47 Å². The minimum atomic E-state index is 0.843. The Labute approximate surface area is 103 Å². The zero-order valence-electron chi connectivity index (χ0n) is 8.89. The highest BCUT2D eigenvalue weighted by Crippen LogP contribution is 2.21. The van der Waals surface area contributed by atoms with Crippen molar-refractivity contribution in [3.63, 3.8) is 0 Å². The summed E-state index contributed by atoms with van der Waals surface area (Å²) in [6.45, 7) is 2.04. The zero-order valence-corrected chi connectivity index (χ0v) is 10.5. The number of hydrogen-bond acceptors (Lipinski definition) is 2. The van der Waals surface area contributed by atoms with Gasteiger partial charge in [0.2, 0.25) is 0 Å². The molecule has 2 aromatic carbocycles. The van der Waals surface area contributed by atoms with Gasteiger partial charge in [0.25, 0.3) is 0 Å². The predicted molar refractivity (Wildman–Crippen MR) is 69.5 cm³/mol. The highest BCUT2D eigenvalue weighted by Gasteiger charge is 1.92. The van der Waals surface area contributed by atoms with Crippen molar-refractivity contribution in [3.8, 4) is 0 Å². The Morgan fingerprint density at radius 3 is 2.12 bits per heavy atom. The lowest BCUT2D eigenvalue weighted by atomic mass is 10.2. The summed E-state index contributed by atoms with van der Waals surface area (Å²) < 4.78 is 1.01. The molecular weight excluding hydrogens is 264 g/mol. The second-order valence-corrected chi connectivity index (χ2v) is 4.43. The van der Waals surface area contributed by atoms with Gasteiger partial charge in [0.05, 0.1) is 11.4 Å². The first-order valence-corrected chi connectivity index (χ1v) is 5.77. The van der Waals surface area contributed by atoms with E-state index in [0.29, 0.717) is 0 Å².